The maximum Gasteiger partial charge on any atom is 0.161 e. The first-order valence-corrected chi connectivity index (χ1v) is 18.0. The molecule has 0 amide bonds. The van der Waals surface area contributed by atoms with E-state index in [4.69, 9.17) is 14.4 Å². The minimum absolute atomic E-state index is 0.712. The van der Waals surface area contributed by atoms with Gasteiger partial charge in [-0.2, -0.15) is 0 Å². The molecule has 0 aliphatic carbocycles. The van der Waals surface area contributed by atoms with Gasteiger partial charge in [0.05, 0.1) is 11.4 Å². The van der Waals surface area contributed by atoms with Gasteiger partial charge in [-0.3, -0.25) is 0 Å². The summed E-state index contributed by atoms with van der Waals surface area (Å²) in [5.41, 5.74) is 8.98. The molecule has 2 aromatic heterocycles. The van der Waals surface area contributed by atoms with Gasteiger partial charge in [0.2, 0.25) is 0 Å². The summed E-state index contributed by atoms with van der Waals surface area (Å²) in [5.74, 6) is 0.712. The normalized spacial score (nSPS) is 11.8. The molecule has 246 valence electrons. The number of aromatic nitrogens is 2. The molecule has 0 fully saturated rings. The van der Waals surface area contributed by atoms with Crippen LogP contribution in [0.15, 0.2) is 186 Å². The summed E-state index contributed by atoms with van der Waals surface area (Å²) >= 11 is 0. The number of benzene rings is 9. The van der Waals surface area contributed by atoms with Gasteiger partial charge in [-0.15, -0.1) is 0 Å². The van der Waals surface area contributed by atoms with E-state index >= 15 is 0 Å². The van der Waals surface area contributed by atoms with E-state index in [1.807, 2.05) is 6.07 Å². The molecule has 11 rings (SSSR count). The average Bonchev–Trinajstić information content (AvgIpc) is 3.63. The lowest BCUT2D eigenvalue weighted by Crippen LogP contribution is -1.98. The minimum Gasteiger partial charge on any atom is -0.455 e. The van der Waals surface area contributed by atoms with Gasteiger partial charge in [0, 0.05) is 32.8 Å². The highest BCUT2D eigenvalue weighted by atomic mass is 16.3. The van der Waals surface area contributed by atoms with Crippen LogP contribution < -0.4 is 0 Å². The van der Waals surface area contributed by atoms with Crippen molar-refractivity contribution in [3.8, 4) is 45.0 Å². The molecule has 0 aliphatic rings. The van der Waals surface area contributed by atoms with Crippen LogP contribution in [0.2, 0.25) is 0 Å². The van der Waals surface area contributed by atoms with E-state index in [-0.39, 0.29) is 0 Å². The number of hydrogen-bond donors (Lipinski definition) is 0. The van der Waals surface area contributed by atoms with Crippen LogP contribution in [-0.4, -0.2) is 9.97 Å². The molecule has 9 aromatic carbocycles. The zero-order chi connectivity index (χ0) is 34.9. The highest BCUT2D eigenvalue weighted by Crippen LogP contribution is 2.42. The highest BCUT2D eigenvalue weighted by molar-refractivity contribution is 6.20. The Hall–Kier alpha value is -7.10. The lowest BCUT2D eigenvalue weighted by molar-refractivity contribution is 0.673. The van der Waals surface area contributed by atoms with E-state index in [0.717, 1.165) is 77.3 Å². The minimum atomic E-state index is 0.712. The molecule has 0 N–H and O–H groups in total. The van der Waals surface area contributed by atoms with E-state index in [9.17, 15) is 0 Å². The van der Waals surface area contributed by atoms with Crippen molar-refractivity contribution < 1.29 is 4.42 Å². The molecular weight excluding hydrogens is 645 g/mol. The zero-order valence-corrected chi connectivity index (χ0v) is 28.6. The van der Waals surface area contributed by atoms with Crippen LogP contribution in [0, 0.1) is 0 Å². The summed E-state index contributed by atoms with van der Waals surface area (Å²) in [5, 5.41) is 11.6. The summed E-state index contributed by atoms with van der Waals surface area (Å²) in [6.45, 7) is 0. The molecule has 0 unspecified atom stereocenters. The molecule has 53 heavy (non-hydrogen) atoms. The second kappa shape index (κ2) is 11.7. The lowest BCUT2D eigenvalue weighted by atomic mass is 9.92. The largest absolute Gasteiger partial charge is 0.455 e. The fourth-order valence-electron chi connectivity index (χ4n) is 8.14. The molecule has 3 heteroatoms. The average molecular weight is 675 g/mol. The maximum absolute atomic E-state index is 6.50. The van der Waals surface area contributed by atoms with Crippen LogP contribution in [-0.2, 0) is 0 Å². The first kappa shape index (κ1) is 29.6. The molecule has 2 heterocycles. The van der Waals surface area contributed by atoms with E-state index < -0.39 is 0 Å². The van der Waals surface area contributed by atoms with Crippen LogP contribution >= 0.6 is 0 Å². The summed E-state index contributed by atoms with van der Waals surface area (Å²) in [6.07, 6.45) is 0. The quantitative estimate of drug-likeness (QED) is 0.138. The SMILES string of the molecule is c1ccc(-c2cc(-c3ccc(-c4cccc5oc6c7ccccc7ccc6c45)cc3)nc(-c3c4ccccc4cc4c3ccc3ccccc34)n2)cc1. The predicted molar refractivity (Wildman–Crippen MR) is 221 cm³/mol. The lowest BCUT2D eigenvalue weighted by Gasteiger charge is -2.15. The number of furan rings is 1. The van der Waals surface area contributed by atoms with Crippen LogP contribution in [0.5, 0.6) is 0 Å². The third-order valence-corrected chi connectivity index (χ3v) is 10.7. The summed E-state index contributed by atoms with van der Waals surface area (Å²) in [4.78, 5) is 10.7. The second-order valence-electron chi connectivity index (χ2n) is 13.7. The number of fused-ring (bicyclic) bond motifs is 9. The number of rotatable bonds is 4. The smallest absolute Gasteiger partial charge is 0.161 e. The Morgan fingerprint density at radius 2 is 0.962 bits per heavy atom. The van der Waals surface area contributed by atoms with Crippen LogP contribution in [0.3, 0.4) is 0 Å². The Kier molecular flexibility index (Phi) is 6.55. The van der Waals surface area contributed by atoms with Crippen LogP contribution in [0.25, 0.3) is 110 Å². The number of hydrogen-bond acceptors (Lipinski definition) is 3. The summed E-state index contributed by atoms with van der Waals surface area (Å²) in [6, 6.07) is 64.3. The van der Waals surface area contributed by atoms with Gasteiger partial charge in [0.15, 0.2) is 5.82 Å². The zero-order valence-electron chi connectivity index (χ0n) is 28.6. The third-order valence-electron chi connectivity index (χ3n) is 10.7. The summed E-state index contributed by atoms with van der Waals surface area (Å²) < 4.78 is 6.50. The first-order valence-electron chi connectivity index (χ1n) is 18.0. The van der Waals surface area contributed by atoms with Gasteiger partial charge < -0.3 is 4.42 Å². The topological polar surface area (TPSA) is 38.9 Å². The van der Waals surface area contributed by atoms with Gasteiger partial charge in [0.25, 0.3) is 0 Å². The molecule has 3 nitrogen and oxygen atoms in total. The summed E-state index contributed by atoms with van der Waals surface area (Å²) in [7, 11) is 0. The highest BCUT2D eigenvalue weighted by Gasteiger charge is 2.18. The molecule has 0 bridgehead atoms. The molecule has 0 atom stereocenters. The first-order chi connectivity index (χ1) is 26.3. The Bertz CT molecular complexity index is 3210. The Labute approximate surface area is 305 Å². The molecule has 0 radical (unpaired) electrons. The van der Waals surface area contributed by atoms with Gasteiger partial charge in [-0.1, -0.05) is 158 Å². The third kappa shape index (κ3) is 4.75. The van der Waals surface area contributed by atoms with E-state index in [1.54, 1.807) is 0 Å². The monoisotopic (exact) mass is 674 g/mol. The molecule has 0 saturated heterocycles. The van der Waals surface area contributed by atoms with Crippen molar-refractivity contribution in [2.75, 3.05) is 0 Å². The van der Waals surface area contributed by atoms with Gasteiger partial charge in [-0.25, -0.2) is 9.97 Å². The number of nitrogens with zero attached hydrogens (tertiary/aromatic N) is 2. The molecule has 0 aliphatic heterocycles. The van der Waals surface area contributed by atoms with E-state index in [0.29, 0.717) is 5.82 Å². The van der Waals surface area contributed by atoms with Crippen molar-refractivity contribution in [1.29, 1.82) is 0 Å². The van der Waals surface area contributed by atoms with E-state index in [1.165, 1.54) is 26.9 Å². The van der Waals surface area contributed by atoms with Gasteiger partial charge >= 0.3 is 0 Å². The van der Waals surface area contributed by atoms with Gasteiger partial charge in [-0.05, 0) is 73.1 Å². The van der Waals surface area contributed by atoms with Crippen LogP contribution in [0.4, 0.5) is 0 Å². The molecule has 0 saturated carbocycles. The van der Waals surface area contributed by atoms with Crippen LogP contribution in [0.1, 0.15) is 0 Å². The Balaban J connectivity index is 1.11. The van der Waals surface area contributed by atoms with Crippen molar-refractivity contribution in [3.63, 3.8) is 0 Å². The van der Waals surface area contributed by atoms with Gasteiger partial charge in [0.1, 0.15) is 11.2 Å². The van der Waals surface area contributed by atoms with Crippen molar-refractivity contribution >= 4 is 65.0 Å². The van der Waals surface area contributed by atoms with Crippen molar-refractivity contribution in [3.05, 3.63) is 182 Å². The fraction of sp³-hybridized carbons (Fsp3) is 0. The predicted octanol–water partition coefficient (Wildman–Crippen LogP) is 13.7. The van der Waals surface area contributed by atoms with Crippen molar-refractivity contribution in [2.24, 2.45) is 0 Å². The molecule has 0 spiro atoms. The van der Waals surface area contributed by atoms with Crippen molar-refractivity contribution in [2.45, 2.75) is 0 Å². The standard InChI is InChI=1S/C50H30N2O/c1-2-13-34(14-3-1)44-30-45(52-50(51-44)48-39-17-8-6-15-36(39)29-43-37-16-7-4-11-31(37)25-27-41(43)48)35-23-21-33(22-24-35)38-19-10-20-46-47(38)42-28-26-32-12-5-9-18-40(32)49(42)53-46/h1-30H. The maximum atomic E-state index is 6.50. The van der Waals surface area contributed by atoms with E-state index in [2.05, 4.69) is 176 Å². The molecule has 11 aromatic rings. The fourth-order valence-corrected chi connectivity index (χ4v) is 8.14. The Morgan fingerprint density at radius 1 is 0.358 bits per heavy atom. The Morgan fingerprint density at radius 3 is 1.74 bits per heavy atom. The molecular formula is C50H30N2O. The second-order valence-corrected chi connectivity index (χ2v) is 13.7. The van der Waals surface area contributed by atoms with Crippen molar-refractivity contribution in [1.82, 2.24) is 9.97 Å².